The normalized spacial score (nSPS) is 13.7. The van der Waals surface area contributed by atoms with Crippen LogP contribution in [0.2, 0.25) is 0 Å². The summed E-state index contributed by atoms with van der Waals surface area (Å²) >= 11 is 3.43. The second kappa shape index (κ2) is 9.61. The number of hydrogen-bond donors (Lipinski definition) is 0. The van der Waals surface area contributed by atoms with Crippen molar-refractivity contribution < 1.29 is 28.6 Å². The first kappa shape index (κ1) is 22.3. The molecule has 160 valence electrons. The molecule has 0 fully saturated rings. The number of esters is 3. The Hall–Kier alpha value is -3.39. The zero-order valence-corrected chi connectivity index (χ0v) is 18.7. The van der Waals surface area contributed by atoms with Crippen LogP contribution >= 0.6 is 15.9 Å². The lowest BCUT2D eigenvalue weighted by atomic mass is 9.83. The highest BCUT2D eigenvalue weighted by Crippen LogP contribution is 2.39. The molecule has 0 saturated carbocycles. The first-order chi connectivity index (χ1) is 14.9. The number of rotatable bonds is 5. The van der Waals surface area contributed by atoms with E-state index in [0.717, 1.165) is 10.0 Å². The Kier molecular flexibility index (Phi) is 6.91. The van der Waals surface area contributed by atoms with Crippen molar-refractivity contribution in [1.82, 2.24) is 0 Å². The number of halogens is 1. The van der Waals surface area contributed by atoms with Gasteiger partial charge in [0.25, 0.3) is 0 Å². The third-order valence-corrected chi connectivity index (χ3v) is 5.28. The minimum absolute atomic E-state index is 0.264. The van der Waals surface area contributed by atoms with Crippen LogP contribution in [0.25, 0.3) is 0 Å². The molecule has 31 heavy (non-hydrogen) atoms. The van der Waals surface area contributed by atoms with E-state index in [1.54, 1.807) is 41.6 Å². The number of benzene rings is 2. The Morgan fingerprint density at radius 3 is 1.84 bits per heavy atom. The van der Waals surface area contributed by atoms with Gasteiger partial charge in [0.15, 0.2) is 0 Å². The number of ether oxygens (including phenoxy) is 3. The van der Waals surface area contributed by atoms with Crippen LogP contribution in [0.1, 0.15) is 21.8 Å². The summed E-state index contributed by atoms with van der Waals surface area (Å²) in [5.74, 6) is -2.29. The van der Waals surface area contributed by atoms with Gasteiger partial charge in [-0.05, 0) is 42.0 Å². The fourth-order valence-corrected chi connectivity index (χ4v) is 3.73. The molecule has 1 heterocycles. The lowest BCUT2D eigenvalue weighted by Gasteiger charge is -2.30. The molecule has 0 aliphatic carbocycles. The molecule has 8 heteroatoms. The van der Waals surface area contributed by atoms with Gasteiger partial charge in [-0.1, -0.05) is 28.1 Å². The highest BCUT2D eigenvalue weighted by molar-refractivity contribution is 9.10. The average molecular weight is 486 g/mol. The molecule has 0 saturated heterocycles. The molecule has 0 unspecified atom stereocenters. The molecule has 0 spiro atoms. The first-order valence-electron chi connectivity index (χ1n) is 9.21. The Labute approximate surface area is 188 Å². The quantitative estimate of drug-likeness (QED) is 0.468. The van der Waals surface area contributed by atoms with Crippen molar-refractivity contribution in [2.24, 2.45) is 0 Å². The Morgan fingerprint density at radius 1 is 0.806 bits per heavy atom. The number of carbonyl (C=O) groups excluding carboxylic acids is 3. The first-order valence-corrected chi connectivity index (χ1v) is 10.0. The molecular weight excluding hydrogens is 466 g/mol. The maximum Gasteiger partial charge on any atom is 0.337 e. The van der Waals surface area contributed by atoms with E-state index >= 15 is 0 Å². The predicted octanol–water partition coefficient (Wildman–Crippen LogP) is 3.95. The van der Waals surface area contributed by atoms with Crippen molar-refractivity contribution >= 4 is 39.5 Å². The van der Waals surface area contributed by atoms with Crippen LogP contribution in [-0.2, 0) is 23.8 Å². The standard InChI is InChI=1S/C23H20BrNO6/c1-29-21(26)14-7-9-17(10-8-14)25-12-18(22(27)30-2)20(19(13-25)23(28)31-3)15-5-4-6-16(24)11-15/h4-13,20H,1-3H3. The van der Waals surface area contributed by atoms with Crippen LogP contribution in [0, 0.1) is 0 Å². The smallest absolute Gasteiger partial charge is 0.337 e. The summed E-state index contributed by atoms with van der Waals surface area (Å²) in [5, 5.41) is 0. The molecule has 0 atom stereocenters. The van der Waals surface area contributed by atoms with Crippen molar-refractivity contribution in [3.8, 4) is 0 Å². The third kappa shape index (κ3) is 4.69. The van der Waals surface area contributed by atoms with Crippen molar-refractivity contribution in [2.75, 3.05) is 26.2 Å². The zero-order valence-electron chi connectivity index (χ0n) is 17.1. The Bertz CT molecular complexity index is 1040. The van der Waals surface area contributed by atoms with E-state index < -0.39 is 23.8 Å². The predicted molar refractivity (Wildman–Crippen MR) is 117 cm³/mol. The number of methoxy groups -OCH3 is 3. The molecule has 0 radical (unpaired) electrons. The average Bonchev–Trinajstić information content (AvgIpc) is 2.81. The summed E-state index contributed by atoms with van der Waals surface area (Å²) in [5.41, 5.74) is 2.26. The van der Waals surface area contributed by atoms with Crippen LogP contribution in [0.5, 0.6) is 0 Å². The van der Waals surface area contributed by atoms with E-state index in [1.807, 2.05) is 24.3 Å². The summed E-state index contributed by atoms with van der Waals surface area (Å²) < 4.78 is 15.5. The maximum atomic E-state index is 12.7. The van der Waals surface area contributed by atoms with Crippen LogP contribution in [0.15, 0.2) is 76.5 Å². The van der Waals surface area contributed by atoms with Gasteiger partial charge in [0.2, 0.25) is 0 Å². The minimum Gasteiger partial charge on any atom is -0.466 e. The molecule has 1 aliphatic rings. The zero-order chi connectivity index (χ0) is 22.5. The SMILES string of the molecule is COC(=O)C1=CN(c2ccc(C(=O)OC)cc2)C=C(C(=O)OC)C1c1cccc(Br)c1. The van der Waals surface area contributed by atoms with Crippen LogP contribution in [0.3, 0.4) is 0 Å². The lowest BCUT2D eigenvalue weighted by molar-refractivity contribution is -0.137. The highest BCUT2D eigenvalue weighted by atomic mass is 79.9. The number of anilines is 1. The van der Waals surface area contributed by atoms with Gasteiger partial charge in [-0.3, -0.25) is 0 Å². The topological polar surface area (TPSA) is 82.1 Å². The van der Waals surface area contributed by atoms with Gasteiger partial charge in [0.1, 0.15) is 0 Å². The minimum atomic E-state index is -0.678. The molecule has 2 aromatic rings. The highest BCUT2D eigenvalue weighted by Gasteiger charge is 2.35. The van der Waals surface area contributed by atoms with E-state index in [0.29, 0.717) is 11.3 Å². The fourth-order valence-electron chi connectivity index (χ4n) is 3.31. The van der Waals surface area contributed by atoms with Gasteiger partial charge in [0.05, 0.1) is 44.0 Å². The van der Waals surface area contributed by atoms with E-state index in [4.69, 9.17) is 14.2 Å². The summed E-state index contributed by atoms with van der Waals surface area (Å²) in [6.07, 6.45) is 3.22. The molecule has 7 nitrogen and oxygen atoms in total. The van der Waals surface area contributed by atoms with Crippen molar-refractivity contribution in [3.63, 3.8) is 0 Å². The lowest BCUT2D eigenvalue weighted by Crippen LogP contribution is -2.28. The fraction of sp³-hybridized carbons (Fsp3) is 0.174. The molecular formula is C23H20BrNO6. The van der Waals surface area contributed by atoms with Crippen LogP contribution in [-0.4, -0.2) is 39.2 Å². The molecule has 0 bridgehead atoms. The molecule has 0 N–H and O–H groups in total. The number of nitrogens with zero attached hydrogens (tertiary/aromatic N) is 1. The molecule has 1 aliphatic heterocycles. The third-order valence-electron chi connectivity index (χ3n) is 4.79. The molecule has 3 rings (SSSR count). The summed E-state index contributed by atoms with van der Waals surface area (Å²) in [4.78, 5) is 38.7. The van der Waals surface area contributed by atoms with Gasteiger partial charge < -0.3 is 19.1 Å². The monoisotopic (exact) mass is 485 g/mol. The van der Waals surface area contributed by atoms with E-state index in [9.17, 15) is 14.4 Å². The largest absolute Gasteiger partial charge is 0.466 e. The number of hydrogen-bond acceptors (Lipinski definition) is 7. The summed E-state index contributed by atoms with van der Waals surface area (Å²) in [7, 11) is 3.87. The second-order valence-electron chi connectivity index (χ2n) is 6.59. The van der Waals surface area contributed by atoms with Gasteiger partial charge in [0, 0.05) is 22.6 Å². The van der Waals surface area contributed by atoms with Crippen molar-refractivity contribution in [2.45, 2.75) is 5.92 Å². The molecule has 0 amide bonds. The summed E-state index contributed by atoms with van der Waals surface area (Å²) in [6, 6.07) is 13.9. The van der Waals surface area contributed by atoms with Gasteiger partial charge in [-0.2, -0.15) is 0 Å². The Morgan fingerprint density at radius 2 is 1.35 bits per heavy atom. The van der Waals surface area contributed by atoms with E-state index in [1.165, 1.54) is 21.3 Å². The van der Waals surface area contributed by atoms with E-state index in [2.05, 4.69) is 15.9 Å². The van der Waals surface area contributed by atoms with Gasteiger partial charge in [-0.15, -0.1) is 0 Å². The summed E-state index contributed by atoms with van der Waals surface area (Å²) in [6.45, 7) is 0. The number of carbonyl (C=O) groups is 3. The Balaban J connectivity index is 2.13. The van der Waals surface area contributed by atoms with Gasteiger partial charge in [-0.25, -0.2) is 14.4 Å². The van der Waals surface area contributed by atoms with Gasteiger partial charge >= 0.3 is 17.9 Å². The second-order valence-corrected chi connectivity index (χ2v) is 7.50. The maximum absolute atomic E-state index is 12.7. The van der Waals surface area contributed by atoms with Crippen molar-refractivity contribution in [1.29, 1.82) is 0 Å². The van der Waals surface area contributed by atoms with Crippen molar-refractivity contribution in [3.05, 3.63) is 87.7 Å². The van der Waals surface area contributed by atoms with Crippen LogP contribution in [0.4, 0.5) is 5.69 Å². The molecule has 2 aromatic carbocycles. The molecule has 0 aromatic heterocycles. The van der Waals surface area contributed by atoms with E-state index in [-0.39, 0.29) is 11.1 Å². The van der Waals surface area contributed by atoms with Crippen LogP contribution < -0.4 is 4.90 Å².